The van der Waals surface area contributed by atoms with Gasteiger partial charge in [-0.25, -0.2) is 0 Å². The minimum absolute atomic E-state index is 0.144. The predicted octanol–water partition coefficient (Wildman–Crippen LogP) is 3.02. The Morgan fingerprint density at radius 3 is 2.83 bits per heavy atom. The van der Waals surface area contributed by atoms with Crippen molar-refractivity contribution >= 4 is 51.2 Å². The van der Waals surface area contributed by atoms with E-state index in [0.717, 1.165) is 22.0 Å². The molecule has 0 aliphatic carbocycles. The van der Waals surface area contributed by atoms with Crippen molar-refractivity contribution < 1.29 is 9.35 Å². The van der Waals surface area contributed by atoms with Crippen LogP contribution in [0.1, 0.15) is 11.1 Å². The quantitative estimate of drug-likeness (QED) is 0.486. The number of fused-ring (bicyclic) bond motifs is 1. The van der Waals surface area contributed by atoms with Gasteiger partial charge in [0.25, 0.3) is 5.91 Å². The third-order valence-corrected chi connectivity index (χ3v) is 6.07. The lowest BCUT2D eigenvalue weighted by Gasteiger charge is -2.03. The van der Waals surface area contributed by atoms with Gasteiger partial charge in [0.15, 0.2) is 10.1 Å². The zero-order chi connectivity index (χ0) is 20.2. The van der Waals surface area contributed by atoms with Crippen LogP contribution in [-0.2, 0) is 22.6 Å². The monoisotopic (exact) mass is 422 g/mol. The number of amides is 1. The fourth-order valence-electron chi connectivity index (χ4n) is 2.91. The molecule has 8 heteroatoms. The van der Waals surface area contributed by atoms with Gasteiger partial charge in [0.1, 0.15) is 0 Å². The summed E-state index contributed by atoms with van der Waals surface area (Å²) >= 11 is -0.127. The number of hydrogen-bond donors (Lipinski definition) is 2. The molecule has 29 heavy (non-hydrogen) atoms. The van der Waals surface area contributed by atoms with E-state index >= 15 is 0 Å². The Morgan fingerprint density at radius 2 is 2.03 bits per heavy atom. The van der Waals surface area contributed by atoms with E-state index < -0.39 is 11.4 Å². The zero-order valence-corrected chi connectivity index (χ0v) is 17.0. The molecule has 4 rings (SSSR count). The van der Waals surface area contributed by atoms with Gasteiger partial charge in [-0.1, -0.05) is 24.3 Å². The van der Waals surface area contributed by atoms with Gasteiger partial charge in [0.05, 0.1) is 21.8 Å². The van der Waals surface area contributed by atoms with E-state index in [1.54, 1.807) is 18.3 Å². The molecule has 1 atom stereocenters. The normalized spacial score (nSPS) is 17.8. The maximum Gasteiger partial charge on any atom is 0.264 e. The number of hydrogen-bond acceptors (Lipinski definition) is 6. The van der Waals surface area contributed by atoms with Crippen LogP contribution in [0.4, 0.5) is 0 Å². The number of nitrogens with two attached hydrogens (primary N) is 1. The smallest absolute Gasteiger partial charge is 0.264 e. The Bertz CT molecular complexity index is 1110. The first-order valence-corrected chi connectivity index (χ1v) is 11.0. The maximum absolute atomic E-state index is 12.3. The topological polar surface area (TPSA) is 103 Å². The van der Waals surface area contributed by atoms with Crippen molar-refractivity contribution in [3.63, 3.8) is 0 Å². The highest BCUT2D eigenvalue weighted by Gasteiger charge is 2.23. The van der Waals surface area contributed by atoms with E-state index in [0.29, 0.717) is 27.9 Å². The second kappa shape index (κ2) is 8.79. The minimum Gasteiger partial charge on any atom is -0.593 e. The van der Waals surface area contributed by atoms with Crippen molar-refractivity contribution in [3.05, 3.63) is 76.8 Å². The van der Waals surface area contributed by atoms with Gasteiger partial charge in [-0.2, -0.15) is 0 Å². The summed E-state index contributed by atoms with van der Waals surface area (Å²) in [6.45, 7) is 0.544. The van der Waals surface area contributed by atoms with Gasteiger partial charge < -0.3 is 9.87 Å². The molecule has 2 aromatic carbocycles. The molecule has 0 radical (unpaired) electrons. The Kier molecular flexibility index (Phi) is 5.96. The first-order valence-electron chi connectivity index (χ1n) is 8.94. The minimum atomic E-state index is -1.47. The molecule has 0 spiro atoms. The van der Waals surface area contributed by atoms with Crippen molar-refractivity contribution in [2.75, 3.05) is 6.54 Å². The van der Waals surface area contributed by atoms with E-state index in [1.807, 2.05) is 48.5 Å². The highest BCUT2D eigenvalue weighted by Crippen LogP contribution is 2.27. The number of thioether (sulfide) groups is 1. The van der Waals surface area contributed by atoms with Crippen molar-refractivity contribution in [3.8, 4) is 0 Å². The van der Waals surface area contributed by atoms with Crippen molar-refractivity contribution in [1.82, 2.24) is 10.3 Å². The number of nitrogens with zero attached hydrogens (tertiary/aromatic N) is 2. The van der Waals surface area contributed by atoms with E-state index in [-0.39, 0.29) is 5.91 Å². The van der Waals surface area contributed by atoms with Gasteiger partial charge >= 0.3 is 0 Å². The molecule has 3 aromatic rings. The van der Waals surface area contributed by atoms with Crippen LogP contribution in [0, 0.1) is 0 Å². The summed E-state index contributed by atoms with van der Waals surface area (Å²) in [7, 11) is 0. The largest absolute Gasteiger partial charge is 0.593 e. The van der Waals surface area contributed by atoms with E-state index in [4.69, 9.17) is 5.14 Å². The lowest BCUT2D eigenvalue weighted by atomic mass is 10.1. The molecular weight excluding hydrogens is 404 g/mol. The van der Waals surface area contributed by atoms with Crippen molar-refractivity contribution in [2.24, 2.45) is 10.1 Å². The molecular formula is C21H18N4O2S2. The third-order valence-electron chi connectivity index (χ3n) is 4.39. The standard InChI is InChI=1S/C21H18N4O2S2/c22-29(27)17-6-3-14(4-7-17)9-11-24-21-25-20(26)19(28-21)13-15-5-8-18-16(12-15)2-1-10-23-18/h1-8,10,12-13H,9,11,22H2,(H,24,25,26)/b19-13-. The number of benzene rings is 2. The first kappa shape index (κ1) is 19.7. The number of carbonyl (C=O) groups excluding carboxylic acids is 1. The van der Waals surface area contributed by atoms with Gasteiger partial charge in [-0.3, -0.25) is 14.8 Å². The Hall–Kier alpha value is -2.65. The highest BCUT2D eigenvalue weighted by atomic mass is 32.2. The Morgan fingerprint density at radius 1 is 1.21 bits per heavy atom. The van der Waals surface area contributed by atoms with Crippen LogP contribution in [0.2, 0.25) is 0 Å². The van der Waals surface area contributed by atoms with Crippen LogP contribution in [0.5, 0.6) is 0 Å². The van der Waals surface area contributed by atoms with Crippen LogP contribution in [0.25, 0.3) is 17.0 Å². The average Bonchev–Trinajstić information content (AvgIpc) is 3.07. The summed E-state index contributed by atoms with van der Waals surface area (Å²) in [5.74, 6) is -0.144. The maximum atomic E-state index is 12.3. The Labute approximate surface area is 175 Å². The molecule has 1 saturated heterocycles. The number of aliphatic imine (C=N–C) groups is 1. The summed E-state index contributed by atoms with van der Waals surface area (Å²) in [6, 6.07) is 17.1. The lowest BCUT2D eigenvalue weighted by Crippen LogP contribution is -2.20. The number of carbonyl (C=O) groups is 1. The summed E-state index contributed by atoms with van der Waals surface area (Å²) in [5, 5.41) is 9.79. The van der Waals surface area contributed by atoms with Crippen LogP contribution in [0.3, 0.4) is 0 Å². The SMILES string of the molecule is N[S+]([O-])c1ccc(CC/N=C2/NC(=O)/C(=C/c3ccc4ncccc4c3)S2)cc1. The molecule has 1 fully saturated rings. The predicted molar refractivity (Wildman–Crippen MR) is 118 cm³/mol. The fourth-order valence-corrected chi connectivity index (χ4v) is 4.16. The summed E-state index contributed by atoms with van der Waals surface area (Å²) < 4.78 is 11.2. The van der Waals surface area contributed by atoms with Gasteiger partial charge in [0, 0.05) is 18.1 Å². The molecule has 1 amide bonds. The second-order valence-corrected chi connectivity index (χ2v) is 8.50. The first-order chi connectivity index (χ1) is 14.1. The molecule has 0 bridgehead atoms. The second-order valence-electron chi connectivity index (χ2n) is 6.40. The average molecular weight is 423 g/mol. The van der Waals surface area contributed by atoms with Crippen LogP contribution >= 0.6 is 11.8 Å². The van der Waals surface area contributed by atoms with Crippen LogP contribution in [-0.4, -0.2) is 27.2 Å². The molecule has 6 nitrogen and oxygen atoms in total. The number of aromatic nitrogens is 1. The molecule has 1 aliphatic heterocycles. The lowest BCUT2D eigenvalue weighted by molar-refractivity contribution is -0.115. The van der Waals surface area contributed by atoms with Crippen LogP contribution < -0.4 is 10.5 Å². The van der Waals surface area contributed by atoms with Gasteiger partial charge in [0.2, 0.25) is 0 Å². The molecule has 0 saturated carbocycles. The Balaban J connectivity index is 1.40. The van der Waals surface area contributed by atoms with E-state index in [1.165, 1.54) is 11.8 Å². The number of pyridine rings is 1. The molecule has 3 N–H and O–H groups in total. The third kappa shape index (κ3) is 4.86. The summed E-state index contributed by atoms with van der Waals surface area (Å²) in [4.78, 5) is 22.2. The molecule has 1 aromatic heterocycles. The van der Waals surface area contributed by atoms with Crippen molar-refractivity contribution in [1.29, 1.82) is 0 Å². The van der Waals surface area contributed by atoms with Crippen LogP contribution in [0.15, 0.2) is 75.6 Å². The molecule has 1 aliphatic rings. The number of amidine groups is 1. The van der Waals surface area contributed by atoms with E-state index in [9.17, 15) is 9.35 Å². The molecule has 1 unspecified atom stereocenters. The number of rotatable bonds is 5. The van der Waals surface area contributed by atoms with Gasteiger partial charge in [-0.05, 0) is 65.7 Å². The molecule has 146 valence electrons. The fraction of sp³-hybridized carbons (Fsp3) is 0.0952. The summed E-state index contributed by atoms with van der Waals surface area (Å²) in [5.41, 5.74) is 2.94. The van der Waals surface area contributed by atoms with E-state index in [2.05, 4.69) is 15.3 Å². The molecule has 2 heterocycles. The highest BCUT2D eigenvalue weighted by molar-refractivity contribution is 8.18. The number of nitrogens with one attached hydrogen (secondary N) is 1. The van der Waals surface area contributed by atoms with Crippen molar-refractivity contribution in [2.45, 2.75) is 11.3 Å². The zero-order valence-electron chi connectivity index (χ0n) is 15.4. The van der Waals surface area contributed by atoms with Gasteiger partial charge in [-0.15, -0.1) is 5.14 Å². The summed E-state index contributed by atoms with van der Waals surface area (Å²) in [6.07, 6.45) is 4.34.